The highest BCUT2D eigenvalue weighted by Crippen LogP contribution is 2.33. The summed E-state index contributed by atoms with van der Waals surface area (Å²) >= 11 is 0. The fourth-order valence-electron chi connectivity index (χ4n) is 3.59. The maximum absolute atomic E-state index is 6.37. The van der Waals surface area contributed by atoms with Crippen molar-refractivity contribution in [2.24, 2.45) is 17.6 Å². The molecule has 0 radical (unpaired) electrons. The highest BCUT2D eigenvalue weighted by molar-refractivity contribution is 5.31. The van der Waals surface area contributed by atoms with E-state index >= 15 is 0 Å². The summed E-state index contributed by atoms with van der Waals surface area (Å²) in [5.74, 6) is 1.60. The molecule has 1 aromatic carbocycles. The largest absolute Gasteiger partial charge is 0.327 e. The standard InChI is InChI=1S/C18H29N/c1-4-5-15-8-9-18(19)17(11-15)12-16-10-13(2)6-7-14(16)3/h6-7,10,15,17-18H,4-5,8-9,11-12,19H2,1-3H3. The molecule has 106 valence electrons. The van der Waals surface area contributed by atoms with Crippen LogP contribution in [-0.2, 0) is 6.42 Å². The van der Waals surface area contributed by atoms with Crippen molar-refractivity contribution < 1.29 is 0 Å². The van der Waals surface area contributed by atoms with Gasteiger partial charge in [0.25, 0.3) is 0 Å². The summed E-state index contributed by atoms with van der Waals surface area (Å²) in [6, 6.07) is 7.22. The molecule has 2 N–H and O–H groups in total. The zero-order chi connectivity index (χ0) is 13.8. The third-order valence-electron chi connectivity index (χ3n) is 4.83. The normalized spacial score (nSPS) is 27.5. The van der Waals surface area contributed by atoms with E-state index in [0.717, 1.165) is 5.92 Å². The SMILES string of the molecule is CCCC1CCC(N)C(Cc2cc(C)ccc2C)C1. The summed E-state index contributed by atoms with van der Waals surface area (Å²) in [6.07, 6.45) is 7.78. The third-order valence-corrected chi connectivity index (χ3v) is 4.83. The Morgan fingerprint density at radius 3 is 2.74 bits per heavy atom. The van der Waals surface area contributed by atoms with Crippen molar-refractivity contribution >= 4 is 0 Å². The van der Waals surface area contributed by atoms with Crippen LogP contribution in [0.4, 0.5) is 0 Å². The maximum Gasteiger partial charge on any atom is 0.00705 e. The van der Waals surface area contributed by atoms with Crippen molar-refractivity contribution in [2.75, 3.05) is 0 Å². The van der Waals surface area contributed by atoms with Crippen LogP contribution in [0.3, 0.4) is 0 Å². The topological polar surface area (TPSA) is 26.0 Å². The van der Waals surface area contributed by atoms with Gasteiger partial charge in [0, 0.05) is 6.04 Å². The van der Waals surface area contributed by atoms with Crippen LogP contribution in [0.25, 0.3) is 0 Å². The van der Waals surface area contributed by atoms with E-state index in [9.17, 15) is 0 Å². The average Bonchev–Trinajstić information content (AvgIpc) is 2.38. The smallest absolute Gasteiger partial charge is 0.00705 e. The number of benzene rings is 1. The summed E-state index contributed by atoms with van der Waals surface area (Å²) in [7, 11) is 0. The van der Waals surface area contributed by atoms with Gasteiger partial charge >= 0.3 is 0 Å². The number of hydrogen-bond donors (Lipinski definition) is 1. The van der Waals surface area contributed by atoms with E-state index in [4.69, 9.17) is 5.73 Å². The van der Waals surface area contributed by atoms with Crippen LogP contribution in [0.5, 0.6) is 0 Å². The Balaban J connectivity index is 2.05. The quantitative estimate of drug-likeness (QED) is 0.852. The van der Waals surface area contributed by atoms with Crippen molar-refractivity contribution in [2.45, 2.75) is 65.3 Å². The molecule has 1 aromatic rings. The lowest BCUT2D eigenvalue weighted by Gasteiger charge is -2.34. The summed E-state index contributed by atoms with van der Waals surface area (Å²) in [6.45, 7) is 6.71. The first kappa shape index (κ1) is 14.6. The minimum atomic E-state index is 0.410. The number of aryl methyl sites for hydroxylation is 2. The van der Waals surface area contributed by atoms with Crippen molar-refractivity contribution in [3.63, 3.8) is 0 Å². The van der Waals surface area contributed by atoms with E-state index in [1.54, 1.807) is 0 Å². The van der Waals surface area contributed by atoms with Gasteiger partial charge in [0.15, 0.2) is 0 Å². The molecule has 0 heterocycles. The van der Waals surface area contributed by atoms with Gasteiger partial charge in [-0.3, -0.25) is 0 Å². The zero-order valence-corrected chi connectivity index (χ0v) is 12.8. The highest BCUT2D eigenvalue weighted by atomic mass is 14.7. The average molecular weight is 259 g/mol. The Kier molecular flexibility index (Phi) is 5.04. The maximum atomic E-state index is 6.37. The van der Waals surface area contributed by atoms with Crippen LogP contribution < -0.4 is 5.73 Å². The first-order chi connectivity index (χ1) is 9.10. The van der Waals surface area contributed by atoms with E-state index in [-0.39, 0.29) is 0 Å². The van der Waals surface area contributed by atoms with Crippen molar-refractivity contribution in [1.29, 1.82) is 0 Å². The van der Waals surface area contributed by atoms with Crippen LogP contribution >= 0.6 is 0 Å². The van der Waals surface area contributed by atoms with Gasteiger partial charge in [-0.05, 0) is 62.5 Å². The van der Waals surface area contributed by atoms with Crippen molar-refractivity contribution in [3.05, 3.63) is 34.9 Å². The van der Waals surface area contributed by atoms with Crippen LogP contribution in [0, 0.1) is 25.7 Å². The number of hydrogen-bond acceptors (Lipinski definition) is 1. The molecule has 19 heavy (non-hydrogen) atoms. The first-order valence-electron chi connectivity index (χ1n) is 7.91. The monoisotopic (exact) mass is 259 g/mol. The Morgan fingerprint density at radius 1 is 1.21 bits per heavy atom. The molecule has 1 aliphatic carbocycles. The van der Waals surface area contributed by atoms with E-state index < -0.39 is 0 Å². The molecular weight excluding hydrogens is 230 g/mol. The van der Waals surface area contributed by atoms with Gasteiger partial charge in [-0.25, -0.2) is 0 Å². The molecule has 1 saturated carbocycles. The zero-order valence-electron chi connectivity index (χ0n) is 12.8. The van der Waals surface area contributed by atoms with Crippen LogP contribution in [0.2, 0.25) is 0 Å². The first-order valence-corrected chi connectivity index (χ1v) is 7.91. The molecule has 0 aliphatic heterocycles. The summed E-state index contributed by atoms with van der Waals surface area (Å²) < 4.78 is 0. The molecule has 1 nitrogen and oxygen atoms in total. The molecule has 1 heteroatoms. The molecule has 0 saturated heterocycles. The van der Waals surface area contributed by atoms with Crippen LogP contribution in [0.1, 0.15) is 55.7 Å². The van der Waals surface area contributed by atoms with Gasteiger partial charge in [0.2, 0.25) is 0 Å². The Morgan fingerprint density at radius 2 is 2.00 bits per heavy atom. The van der Waals surface area contributed by atoms with Gasteiger partial charge in [-0.1, -0.05) is 43.5 Å². The van der Waals surface area contributed by atoms with Crippen LogP contribution in [0.15, 0.2) is 18.2 Å². The summed E-state index contributed by atoms with van der Waals surface area (Å²) in [5.41, 5.74) is 10.7. The molecule has 0 amide bonds. The van der Waals surface area contributed by atoms with E-state index in [1.165, 1.54) is 55.2 Å². The summed E-state index contributed by atoms with van der Waals surface area (Å²) in [5, 5.41) is 0. The minimum absolute atomic E-state index is 0.410. The lowest BCUT2D eigenvalue weighted by Crippen LogP contribution is -2.37. The van der Waals surface area contributed by atoms with E-state index in [2.05, 4.69) is 39.0 Å². The van der Waals surface area contributed by atoms with Gasteiger partial charge in [-0.2, -0.15) is 0 Å². The van der Waals surface area contributed by atoms with Gasteiger partial charge in [0.1, 0.15) is 0 Å². The Bertz CT molecular complexity index is 410. The van der Waals surface area contributed by atoms with Crippen molar-refractivity contribution in [3.8, 4) is 0 Å². The fraction of sp³-hybridized carbons (Fsp3) is 0.667. The lowest BCUT2D eigenvalue weighted by atomic mass is 9.74. The Hall–Kier alpha value is -0.820. The molecule has 0 spiro atoms. The van der Waals surface area contributed by atoms with Gasteiger partial charge in [-0.15, -0.1) is 0 Å². The number of nitrogens with two attached hydrogens (primary N) is 1. The Labute approximate surface area is 118 Å². The highest BCUT2D eigenvalue weighted by Gasteiger charge is 2.28. The number of rotatable bonds is 4. The molecular formula is C18H29N. The van der Waals surface area contributed by atoms with Gasteiger partial charge in [0.05, 0.1) is 0 Å². The molecule has 0 bridgehead atoms. The molecule has 2 rings (SSSR count). The molecule has 0 aromatic heterocycles. The predicted molar refractivity (Wildman–Crippen MR) is 83.3 cm³/mol. The van der Waals surface area contributed by atoms with Crippen LogP contribution in [-0.4, -0.2) is 6.04 Å². The second-order valence-corrected chi connectivity index (χ2v) is 6.53. The van der Waals surface area contributed by atoms with Crippen molar-refractivity contribution in [1.82, 2.24) is 0 Å². The summed E-state index contributed by atoms with van der Waals surface area (Å²) in [4.78, 5) is 0. The second-order valence-electron chi connectivity index (χ2n) is 6.53. The molecule has 1 fully saturated rings. The molecule has 3 atom stereocenters. The van der Waals surface area contributed by atoms with E-state index in [1.807, 2.05) is 0 Å². The predicted octanol–water partition coefficient (Wildman–Crippen LogP) is 4.39. The third kappa shape index (κ3) is 3.82. The second kappa shape index (κ2) is 6.56. The lowest BCUT2D eigenvalue weighted by molar-refractivity contribution is 0.221. The van der Waals surface area contributed by atoms with Gasteiger partial charge < -0.3 is 5.73 Å². The fourth-order valence-corrected chi connectivity index (χ4v) is 3.59. The minimum Gasteiger partial charge on any atom is -0.327 e. The molecule has 1 aliphatic rings. The van der Waals surface area contributed by atoms with E-state index in [0.29, 0.717) is 12.0 Å². The molecule has 3 unspecified atom stereocenters.